The van der Waals surface area contributed by atoms with Gasteiger partial charge >= 0.3 is 0 Å². The van der Waals surface area contributed by atoms with E-state index in [4.69, 9.17) is 26.8 Å². The largest absolute Gasteiger partial charge is 0.399 e. The molecule has 0 aliphatic carbocycles. The monoisotopic (exact) mass is 261 g/mol. The Bertz CT molecular complexity index is 323. The third-order valence-corrected chi connectivity index (χ3v) is 3.33. The molecule has 0 fully saturated rings. The van der Waals surface area contributed by atoms with Gasteiger partial charge in [0.1, 0.15) is 0 Å². The van der Waals surface area contributed by atoms with Gasteiger partial charge in [-0.05, 0) is 18.2 Å². The Morgan fingerprint density at radius 2 is 2.12 bits per heavy atom. The third-order valence-electron chi connectivity index (χ3n) is 1.87. The fourth-order valence-electron chi connectivity index (χ4n) is 1.09. The molecule has 0 heterocycles. The number of ether oxygens (including phenoxy) is 2. The van der Waals surface area contributed by atoms with E-state index in [-0.39, 0.29) is 0 Å². The molecule has 16 heavy (non-hydrogen) atoms. The van der Waals surface area contributed by atoms with Gasteiger partial charge in [0.25, 0.3) is 0 Å². The average Bonchev–Trinajstić information content (AvgIpc) is 2.28. The number of hydrogen-bond donors (Lipinski definition) is 1. The molecule has 3 nitrogen and oxygen atoms in total. The first kappa shape index (κ1) is 13.6. The SMILES string of the molecule is COCCOCCSc1cc(N)ccc1Cl. The molecule has 0 saturated carbocycles. The summed E-state index contributed by atoms with van der Waals surface area (Å²) in [6, 6.07) is 5.48. The molecule has 0 saturated heterocycles. The molecule has 1 aromatic carbocycles. The molecule has 0 aromatic heterocycles. The number of halogens is 1. The van der Waals surface area contributed by atoms with Crippen molar-refractivity contribution in [2.75, 3.05) is 38.4 Å². The summed E-state index contributed by atoms with van der Waals surface area (Å²) in [7, 11) is 1.66. The van der Waals surface area contributed by atoms with Crippen molar-refractivity contribution in [3.05, 3.63) is 23.2 Å². The zero-order chi connectivity index (χ0) is 11.8. The first-order valence-electron chi connectivity index (χ1n) is 4.98. The molecule has 0 aliphatic heterocycles. The van der Waals surface area contributed by atoms with Crippen molar-refractivity contribution in [1.82, 2.24) is 0 Å². The minimum Gasteiger partial charge on any atom is -0.399 e. The van der Waals surface area contributed by atoms with Crippen molar-refractivity contribution >= 4 is 29.1 Å². The molecule has 90 valence electrons. The van der Waals surface area contributed by atoms with E-state index >= 15 is 0 Å². The van der Waals surface area contributed by atoms with Crippen LogP contribution < -0.4 is 5.73 Å². The van der Waals surface area contributed by atoms with Crippen LogP contribution in [0.5, 0.6) is 0 Å². The molecule has 0 spiro atoms. The highest BCUT2D eigenvalue weighted by atomic mass is 35.5. The van der Waals surface area contributed by atoms with E-state index < -0.39 is 0 Å². The molecule has 1 rings (SSSR count). The van der Waals surface area contributed by atoms with Crippen LogP contribution in [0.2, 0.25) is 5.02 Å². The lowest BCUT2D eigenvalue weighted by Crippen LogP contribution is -2.04. The van der Waals surface area contributed by atoms with Crippen LogP contribution >= 0.6 is 23.4 Å². The zero-order valence-corrected chi connectivity index (χ0v) is 10.8. The fourth-order valence-corrected chi connectivity index (χ4v) is 2.21. The predicted molar refractivity (Wildman–Crippen MR) is 69.3 cm³/mol. The maximum absolute atomic E-state index is 6.02. The van der Waals surface area contributed by atoms with Gasteiger partial charge in [-0.25, -0.2) is 0 Å². The molecule has 1 aromatic rings. The molecule has 2 N–H and O–H groups in total. The van der Waals surface area contributed by atoms with Crippen LogP contribution in [0.3, 0.4) is 0 Å². The van der Waals surface area contributed by atoms with Crippen molar-refractivity contribution in [3.8, 4) is 0 Å². The summed E-state index contributed by atoms with van der Waals surface area (Å²) in [5.74, 6) is 0.854. The van der Waals surface area contributed by atoms with Crippen molar-refractivity contribution < 1.29 is 9.47 Å². The minimum absolute atomic E-state index is 0.627. The van der Waals surface area contributed by atoms with Crippen LogP contribution in [0.25, 0.3) is 0 Å². The van der Waals surface area contributed by atoms with Crippen LogP contribution in [0.1, 0.15) is 0 Å². The van der Waals surface area contributed by atoms with Gasteiger partial charge in [-0.1, -0.05) is 11.6 Å². The molecule has 0 radical (unpaired) electrons. The smallest absolute Gasteiger partial charge is 0.0700 e. The van der Waals surface area contributed by atoms with Crippen molar-refractivity contribution in [1.29, 1.82) is 0 Å². The van der Waals surface area contributed by atoms with Crippen LogP contribution in [-0.4, -0.2) is 32.7 Å². The lowest BCUT2D eigenvalue weighted by molar-refractivity contribution is 0.0790. The standard InChI is InChI=1S/C11H16ClNO2S/c1-14-4-5-15-6-7-16-11-8-9(13)2-3-10(11)12/h2-3,8H,4-7,13H2,1H3. The van der Waals surface area contributed by atoms with Gasteiger partial charge in [-0.2, -0.15) is 0 Å². The Labute approximate surface area is 105 Å². The summed E-state index contributed by atoms with van der Waals surface area (Å²) >= 11 is 7.66. The summed E-state index contributed by atoms with van der Waals surface area (Å²) in [5, 5.41) is 0.732. The summed E-state index contributed by atoms with van der Waals surface area (Å²) in [5.41, 5.74) is 6.41. The Morgan fingerprint density at radius 3 is 2.88 bits per heavy atom. The van der Waals surface area contributed by atoms with E-state index in [1.807, 2.05) is 12.1 Å². The lowest BCUT2D eigenvalue weighted by atomic mass is 10.3. The van der Waals surface area contributed by atoms with Crippen LogP contribution in [0.4, 0.5) is 5.69 Å². The number of hydrogen-bond acceptors (Lipinski definition) is 4. The fraction of sp³-hybridized carbons (Fsp3) is 0.455. The van der Waals surface area contributed by atoms with Gasteiger partial charge in [0.05, 0.1) is 24.8 Å². The highest BCUT2D eigenvalue weighted by Gasteiger charge is 2.01. The maximum atomic E-state index is 6.02. The number of methoxy groups -OCH3 is 1. The second kappa shape index (κ2) is 7.79. The van der Waals surface area contributed by atoms with E-state index in [1.165, 1.54) is 0 Å². The van der Waals surface area contributed by atoms with Gasteiger partial charge in [-0.3, -0.25) is 0 Å². The van der Waals surface area contributed by atoms with E-state index in [2.05, 4.69) is 0 Å². The van der Waals surface area contributed by atoms with Crippen molar-refractivity contribution in [2.45, 2.75) is 4.90 Å². The van der Waals surface area contributed by atoms with Gasteiger partial charge < -0.3 is 15.2 Å². The molecule has 5 heteroatoms. The van der Waals surface area contributed by atoms with Gasteiger partial charge in [0.2, 0.25) is 0 Å². The second-order valence-corrected chi connectivity index (χ2v) is 4.69. The van der Waals surface area contributed by atoms with Gasteiger partial charge in [0.15, 0.2) is 0 Å². The number of benzene rings is 1. The van der Waals surface area contributed by atoms with Gasteiger partial charge in [-0.15, -0.1) is 11.8 Å². The van der Waals surface area contributed by atoms with E-state index in [1.54, 1.807) is 24.9 Å². The lowest BCUT2D eigenvalue weighted by Gasteiger charge is -2.06. The number of rotatable bonds is 7. The predicted octanol–water partition coefficient (Wildman–Crippen LogP) is 2.68. The van der Waals surface area contributed by atoms with E-state index in [0.29, 0.717) is 19.8 Å². The van der Waals surface area contributed by atoms with Crippen LogP contribution in [-0.2, 0) is 9.47 Å². The first-order valence-corrected chi connectivity index (χ1v) is 6.35. The normalized spacial score (nSPS) is 10.6. The quantitative estimate of drug-likeness (QED) is 0.466. The maximum Gasteiger partial charge on any atom is 0.0700 e. The Balaban J connectivity index is 2.23. The summed E-state index contributed by atoms with van der Waals surface area (Å²) in [4.78, 5) is 0.997. The molecule has 0 atom stereocenters. The third kappa shape index (κ3) is 5.07. The Morgan fingerprint density at radius 1 is 1.31 bits per heavy atom. The summed E-state index contributed by atoms with van der Waals surface area (Å²) in [6.07, 6.45) is 0. The zero-order valence-electron chi connectivity index (χ0n) is 9.24. The Kier molecular flexibility index (Phi) is 6.64. The number of nitrogens with two attached hydrogens (primary N) is 1. The summed E-state index contributed by atoms with van der Waals surface area (Å²) < 4.78 is 10.2. The average molecular weight is 262 g/mol. The van der Waals surface area contributed by atoms with Crippen molar-refractivity contribution in [2.24, 2.45) is 0 Å². The molecular formula is C11H16ClNO2S. The van der Waals surface area contributed by atoms with Gasteiger partial charge in [0, 0.05) is 23.4 Å². The van der Waals surface area contributed by atoms with Crippen LogP contribution in [0.15, 0.2) is 23.1 Å². The highest BCUT2D eigenvalue weighted by Crippen LogP contribution is 2.28. The number of anilines is 1. The minimum atomic E-state index is 0.627. The second-order valence-electron chi connectivity index (χ2n) is 3.14. The van der Waals surface area contributed by atoms with Crippen LogP contribution in [0, 0.1) is 0 Å². The first-order chi connectivity index (χ1) is 7.74. The van der Waals surface area contributed by atoms with E-state index in [0.717, 1.165) is 21.4 Å². The Hall–Kier alpha value is -0.420. The molecule has 0 aliphatic rings. The number of nitrogen functional groups attached to an aromatic ring is 1. The topological polar surface area (TPSA) is 44.5 Å². The molecule has 0 amide bonds. The molecular weight excluding hydrogens is 246 g/mol. The molecule has 0 bridgehead atoms. The van der Waals surface area contributed by atoms with E-state index in [9.17, 15) is 0 Å². The molecule has 0 unspecified atom stereocenters. The summed E-state index contributed by atoms with van der Waals surface area (Å²) in [6.45, 7) is 1.94. The van der Waals surface area contributed by atoms with Crippen molar-refractivity contribution in [3.63, 3.8) is 0 Å². The highest BCUT2D eigenvalue weighted by molar-refractivity contribution is 7.99. The number of thioether (sulfide) groups is 1.